The SMILES string of the molecule is O/N=C\c1cn[nH]c1-c1ccc(Cl)cc1. The molecule has 0 fully saturated rings. The molecule has 0 unspecified atom stereocenters. The highest BCUT2D eigenvalue weighted by atomic mass is 35.5. The topological polar surface area (TPSA) is 61.3 Å². The van der Waals surface area contributed by atoms with Crippen LogP contribution < -0.4 is 0 Å². The second-order valence-electron chi connectivity index (χ2n) is 2.95. The first kappa shape index (κ1) is 9.73. The molecule has 2 N–H and O–H groups in total. The zero-order chi connectivity index (χ0) is 10.7. The van der Waals surface area contributed by atoms with Gasteiger partial charge < -0.3 is 5.21 Å². The summed E-state index contributed by atoms with van der Waals surface area (Å²) in [4.78, 5) is 0. The van der Waals surface area contributed by atoms with E-state index in [2.05, 4.69) is 15.4 Å². The van der Waals surface area contributed by atoms with Crippen LogP contribution in [-0.4, -0.2) is 21.6 Å². The number of benzene rings is 1. The van der Waals surface area contributed by atoms with E-state index < -0.39 is 0 Å². The van der Waals surface area contributed by atoms with Crippen molar-refractivity contribution in [3.8, 4) is 11.3 Å². The van der Waals surface area contributed by atoms with Crippen molar-refractivity contribution in [2.45, 2.75) is 0 Å². The van der Waals surface area contributed by atoms with Gasteiger partial charge in [0.25, 0.3) is 0 Å². The lowest BCUT2D eigenvalue weighted by atomic mass is 10.1. The molecular formula is C10H8ClN3O. The molecular weight excluding hydrogens is 214 g/mol. The lowest BCUT2D eigenvalue weighted by molar-refractivity contribution is 0.322. The van der Waals surface area contributed by atoms with E-state index in [1.807, 2.05) is 12.1 Å². The van der Waals surface area contributed by atoms with Gasteiger partial charge in [-0.15, -0.1) is 0 Å². The second kappa shape index (κ2) is 4.14. The molecule has 0 atom stereocenters. The van der Waals surface area contributed by atoms with Gasteiger partial charge in [-0.3, -0.25) is 5.10 Å². The van der Waals surface area contributed by atoms with Gasteiger partial charge in [-0.2, -0.15) is 5.10 Å². The van der Waals surface area contributed by atoms with Gasteiger partial charge in [0, 0.05) is 16.1 Å². The van der Waals surface area contributed by atoms with Gasteiger partial charge in [0.15, 0.2) is 0 Å². The van der Waals surface area contributed by atoms with E-state index in [1.54, 1.807) is 18.3 Å². The molecule has 5 heteroatoms. The fourth-order valence-corrected chi connectivity index (χ4v) is 1.43. The standard InChI is InChI=1S/C10H8ClN3O/c11-9-3-1-7(2-4-9)10-8(6-13-15)5-12-14-10/h1-6,15H,(H,12,14)/b13-6-. The van der Waals surface area contributed by atoms with Gasteiger partial charge in [-0.05, 0) is 12.1 Å². The molecule has 15 heavy (non-hydrogen) atoms. The number of nitrogens with zero attached hydrogens (tertiary/aromatic N) is 2. The third-order valence-corrected chi connectivity index (χ3v) is 2.25. The van der Waals surface area contributed by atoms with Gasteiger partial charge in [0.2, 0.25) is 0 Å². The molecule has 1 aromatic carbocycles. The maximum absolute atomic E-state index is 8.46. The number of nitrogens with one attached hydrogen (secondary N) is 1. The summed E-state index contributed by atoms with van der Waals surface area (Å²) in [6.45, 7) is 0. The second-order valence-corrected chi connectivity index (χ2v) is 3.39. The molecule has 0 amide bonds. The van der Waals surface area contributed by atoms with Crippen LogP contribution in [-0.2, 0) is 0 Å². The lowest BCUT2D eigenvalue weighted by Gasteiger charge is -1.98. The summed E-state index contributed by atoms with van der Waals surface area (Å²) < 4.78 is 0. The van der Waals surface area contributed by atoms with E-state index in [-0.39, 0.29) is 0 Å². The molecule has 0 saturated carbocycles. The largest absolute Gasteiger partial charge is 0.411 e. The molecule has 76 valence electrons. The molecule has 0 aliphatic carbocycles. The monoisotopic (exact) mass is 221 g/mol. The first-order valence-corrected chi connectivity index (χ1v) is 4.66. The minimum absolute atomic E-state index is 0.677. The van der Waals surface area contributed by atoms with Crippen LogP contribution in [0.3, 0.4) is 0 Å². The van der Waals surface area contributed by atoms with Crippen molar-refractivity contribution >= 4 is 17.8 Å². The molecule has 0 aliphatic rings. The molecule has 0 radical (unpaired) electrons. The average Bonchev–Trinajstić information content (AvgIpc) is 2.68. The third-order valence-electron chi connectivity index (χ3n) is 2.00. The van der Waals surface area contributed by atoms with E-state index >= 15 is 0 Å². The summed E-state index contributed by atoms with van der Waals surface area (Å²) in [6, 6.07) is 7.31. The fraction of sp³-hybridized carbons (Fsp3) is 0. The zero-order valence-corrected chi connectivity index (χ0v) is 8.44. The Morgan fingerprint density at radius 3 is 2.73 bits per heavy atom. The summed E-state index contributed by atoms with van der Waals surface area (Å²) >= 11 is 5.78. The van der Waals surface area contributed by atoms with Crippen LogP contribution in [0.4, 0.5) is 0 Å². The molecule has 1 aromatic heterocycles. The Kier molecular flexibility index (Phi) is 2.69. The number of rotatable bonds is 2. The highest BCUT2D eigenvalue weighted by molar-refractivity contribution is 6.30. The van der Waals surface area contributed by atoms with Crippen molar-refractivity contribution in [3.05, 3.63) is 41.0 Å². The minimum atomic E-state index is 0.677. The number of H-pyrrole nitrogens is 1. The third kappa shape index (κ3) is 1.99. The van der Waals surface area contributed by atoms with Crippen molar-refractivity contribution < 1.29 is 5.21 Å². The minimum Gasteiger partial charge on any atom is -0.411 e. The van der Waals surface area contributed by atoms with Crippen LogP contribution >= 0.6 is 11.6 Å². The zero-order valence-electron chi connectivity index (χ0n) is 7.68. The summed E-state index contributed by atoms with van der Waals surface area (Å²) in [7, 11) is 0. The Morgan fingerprint density at radius 1 is 1.33 bits per heavy atom. The summed E-state index contributed by atoms with van der Waals surface area (Å²) in [5, 5.41) is 18.8. The number of hydrogen-bond acceptors (Lipinski definition) is 3. The van der Waals surface area contributed by atoms with Crippen LogP contribution in [0.1, 0.15) is 5.56 Å². The van der Waals surface area contributed by atoms with Gasteiger partial charge in [-0.1, -0.05) is 28.9 Å². The lowest BCUT2D eigenvalue weighted by Crippen LogP contribution is -1.84. The predicted molar refractivity (Wildman–Crippen MR) is 58.4 cm³/mol. The smallest absolute Gasteiger partial charge is 0.0771 e. The quantitative estimate of drug-likeness (QED) is 0.465. The summed E-state index contributed by atoms with van der Waals surface area (Å²) in [6.07, 6.45) is 2.91. The van der Waals surface area contributed by atoms with Crippen molar-refractivity contribution in [1.29, 1.82) is 0 Å². The van der Waals surface area contributed by atoms with E-state index in [4.69, 9.17) is 16.8 Å². The Labute approximate surface area is 91.2 Å². The maximum Gasteiger partial charge on any atom is 0.0771 e. The number of aromatic amines is 1. The number of hydrogen-bond donors (Lipinski definition) is 2. The highest BCUT2D eigenvalue weighted by Crippen LogP contribution is 2.21. The van der Waals surface area contributed by atoms with E-state index in [0.717, 1.165) is 16.8 Å². The van der Waals surface area contributed by atoms with Crippen LogP contribution in [0.15, 0.2) is 35.6 Å². The molecule has 4 nitrogen and oxygen atoms in total. The Balaban J connectivity index is 2.44. The highest BCUT2D eigenvalue weighted by Gasteiger charge is 2.05. The molecule has 0 bridgehead atoms. The molecule has 1 heterocycles. The predicted octanol–water partition coefficient (Wildman–Crippen LogP) is 2.54. The summed E-state index contributed by atoms with van der Waals surface area (Å²) in [5.74, 6) is 0. The first-order valence-electron chi connectivity index (χ1n) is 4.28. The Morgan fingerprint density at radius 2 is 2.07 bits per heavy atom. The van der Waals surface area contributed by atoms with Crippen molar-refractivity contribution in [2.75, 3.05) is 0 Å². The fourth-order valence-electron chi connectivity index (χ4n) is 1.30. The molecule has 2 aromatic rings. The van der Waals surface area contributed by atoms with Gasteiger partial charge in [-0.25, -0.2) is 0 Å². The number of oxime groups is 1. The van der Waals surface area contributed by atoms with Crippen molar-refractivity contribution in [2.24, 2.45) is 5.16 Å². The summed E-state index contributed by atoms with van der Waals surface area (Å²) in [5.41, 5.74) is 2.45. The van der Waals surface area contributed by atoms with Gasteiger partial charge in [0.05, 0.1) is 18.1 Å². The van der Waals surface area contributed by atoms with E-state index in [9.17, 15) is 0 Å². The Hall–Kier alpha value is -1.81. The average molecular weight is 222 g/mol. The molecule has 2 rings (SSSR count). The molecule has 0 saturated heterocycles. The number of halogens is 1. The van der Waals surface area contributed by atoms with Crippen molar-refractivity contribution in [1.82, 2.24) is 10.2 Å². The van der Waals surface area contributed by atoms with E-state index in [1.165, 1.54) is 6.21 Å². The van der Waals surface area contributed by atoms with Crippen LogP contribution in [0.25, 0.3) is 11.3 Å². The van der Waals surface area contributed by atoms with Crippen molar-refractivity contribution in [3.63, 3.8) is 0 Å². The van der Waals surface area contributed by atoms with Crippen LogP contribution in [0.2, 0.25) is 5.02 Å². The molecule has 0 aliphatic heterocycles. The van der Waals surface area contributed by atoms with Gasteiger partial charge in [0.1, 0.15) is 0 Å². The normalized spacial score (nSPS) is 11.0. The maximum atomic E-state index is 8.46. The van der Waals surface area contributed by atoms with Gasteiger partial charge >= 0.3 is 0 Å². The van der Waals surface area contributed by atoms with E-state index in [0.29, 0.717) is 5.02 Å². The Bertz CT molecular complexity index is 476. The first-order chi connectivity index (χ1) is 7.31. The van der Waals surface area contributed by atoms with Crippen LogP contribution in [0, 0.1) is 0 Å². The van der Waals surface area contributed by atoms with Crippen LogP contribution in [0.5, 0.6) is 0 Å². The number of aromatic nitrogens is 2. The molecule has 0 spiro atoms.